The minimum atomic E-state index is -1.73. The molecule has 0 bridgehead atoms. The molecule has 0 fully saturated rings. The topological polar surface area (TPSA) is 382 Å². The summed E-state index contributed by atoms with van der Waals surface area (Å²) in [6.45, 7) is 23.6. The van der Waals surface area contributed by atoms with Crippen molar-refractivity contribution in [2.45, 2.75) is 207 Å². The molecule has 27 heteroatoms. The Hall–Kier alpha value is -7.87. The summed E-state index contributed by atoms with van der Waals surface area (Å²) in [5, 5.41) is 27.1. The molecule has 0 radical (unpaired) electrons. The van der Waals surface area contributed by atoms with Crippen molar-refractivity contribution >= 4 is 77.1 Å². The zero-order valence-corrected chi connectivity index (χ0v) is 48.6. The number of alkyl carbamates (subject to hydrolysis) is 1. The number of rotatable bonds is 27. The first kappa shape index (κ1) is 69.1. The molecule has 11 amide bonds. The summed E-state index contributed by atoms with van der Waals surface area (Å²) in [5.41, 5.74) is -6.73. The molecule has 11 N–H and O–H groups in total. The average Bonchev–Trinajstić information content (AvgIpc) is 3.32. The van der Waals surface area contributed by atoms with Crippen LogP contribution in [0.5, 0.6) is 0 Å². The van der Waals surface area contributed by atoms with Gasteiger partial charge in [-0.3, -0.25) is 52.7 Å². The molecular formula is C52H83N11O16. The fraction of sp³-hybridized carbons (Fsp3) is 0.635. The lowest BCUT2D eigenvalue weighted by Gasteiger charge is -2.31. The van der Waals surface area contributed by atoms with Gasteiger partial charge in [-0.05, 0) is 130 Å². The third-order valence-electron chi connectivity index (χ3n) is 11.5. The SMILES string of the molecule is COC(=O)C(C)NC(=O)C(C)(C)NC(=O)C(C)NC(=O)C(C)(C)NC(=O)C(C)NC(=O)C(CCC(=O)OCc1ccccc1)NC(=O)C(C)NC(=O)C(C)(C)NC(=O)C(C)NC(=O)C(C)(C)NC(=O)C(C)NC(=O)OC(C)(C)C. The Kier molecular flexibility index (Phi) is 25.6. The number of esters is 2. The summed E-state index contributed by atoms with van der Waals surface area (Å²) in [6.07, 6.45) is -1.61. The number of amides is 11. The fourth-order valence-electron chi connectivity index (χ4n) is 6.40. The van der Waals surface area contributed by atoms with Gasteiger partial charge in [0.2, 0.25) is 59.1 Å². The van der Waals surface area contributed by atoms with Crippen LogP contribution >= 0.6 is 0 Å². The van der Waals surface area contributed by atoms with Gasteiger partial charge in [-0.15, -0.1) is 0 Å². The normalized spacial score (nSPS) is 14.4. The van der Waals surface area contributed by atoms with Gasteiger partial charge in [-0.2, -0.15) is 0 Å². The van der Waals surface area contributed by atoms with Gasteiger partial charge >= 0.3 is 18.0 Å². The van der Waals surface area contributed by atoms with E-state index in [0.29, 0.717) is 5.56 Å². The molecule has 0 aliphatic carbocycles. The summed E-state index contributed by atoms with van der Waals surface area (Å²) in [7, 11) is 1.15. The molecule has 1 rings (SSSR count). The molecular weight excluding hydrogens is 1030 g/mol. The van der Waals surface area contributed by atoms with E-state index >= 15 is 0 Å². The number of ether oxygens (including phenoxy) is 3. The first-order valence-electron chi connectivity index (χ1n) is 25.4. The molecule has 0 spiro atoms. The zero-order valence-electron chi connectivity index (χ0n) is 48.6. The number of hydrogen-bond donors (Lipinski definition) is 11. The van der Waals surface area contributed by atoms with Crippen molar-refractivity contribution in [1.29, 1.82) is 0 Å². The molecule has 0 saturated carbocycles. The highest BCUT2D eigenvalue weighted by Gasteiger charge is 2.39. The van der Waals surface area contributed by atoms with E-state index in [1.807, 2.05) is 0 Å². The van der Waals surface area contributed by atoms with Gasteiger partial charge in [-0.25, -0.2) is 9.59 Å². The van der Waals surface area contributed by atoms with E-state index in [0.717, 1.165) is 7.11 Å². The van der Waals surface area contributed by atoms with Crippen LogP contribution in [0, 0.1) is 0 Å². The largest absolute Gasteiger partial charge is 0.467 e. The van der Waals surface area contributed by atoms with Gasteiger partial charge in [0.1, 0.15) is 76.7 Å². The molecule has 0 saturated heterocycles. The molecule has 442 valence electrons. The molecule has 0 heterocycles. The second kappa shape index (κ2) is 29.2. The maximum atomic E-state index is 13.8. The van der Waals surface area contributed by atoms with Crippen LogP contribution in [-0.2, 0) is 78.4 Å². The summed E-state index contributed by atoms with van der Waals surface area (Å²) in [6, 6.07) is -0.216. The second-order valence-corrected chi connectivity index (χ2v) is 22.1. The number of carbonyl (C=O) groups excluding carboxylic acids is 13. The van der Waals surface area contributed by atoms with E-state index in [2.05, 4.69) is 63.2 Å². The Morgan fingerprint density at radius 3 is 1.14 bits per heavy atom. The van der Waals surface area contributed by atoms with Gasteiger partial charge < -0.3 is 72.7 Å². The quantitative estimate of drug-likeness (QED) is 0.0379. The lowest BCUT2D eigenvalue weighted by Crippen LogP contribution is -2.64. The Morgan fingerprint density at radius 2 is 0.772 bits per heavy atom. The second-order valence-electron chi connectivity index (χ2n) is 22.1. The van der Waals surface area contributed by atoms with Crippen molar-refractivity contribution in [3.05, 3.63) is 35.9 Å². The van der Waals surface area contributed by atoms with Crippen molar-refractivity contribution < 1.29 is 76.5 Å². The third kappa shape index (κ3) is 23.7. The van der Waals surface area contributed by atoms with E-state index in [1.54, 1.807) is 51.1 Å². The molecule has 79 heavy (non-hydrogen) atoms. The Labute approximate surface area is 461 Å². The molecule has 27 nitrogen and oxygen atoms in total. The number of carbonyl (C=O) groups is 13. The van der Waals surface area contributed by atoms with Crippen LogP contribution in [-0.4, -0.2) is 154 Å². The van der Waals surface area contributed by atoms with Crippen molar-refractivity contribution in [3.8, 4) is 0 Å². The van der Waals surface area contributed by atoms with Gasteiger partial charge in [0.25, 0.3) is 0 Å². The standard InChI is InChI=1S/C52H83N11O16/c1-27(54-43(72)49(10,11)61-38(67)29(3)56-45(74)51(14,15)63-40(69)31(5)58-47(76)79-48(7,8)9)36(65)59-34(24-25-35(64)78-26-33-22-20-19-21-23-33)41(70)53-28(2)37(66)60-50(12,13)44(73)55-30(4)39(68)62-52(16,17)46(75)57-32(6)42(71)77-18/h19-23,27-32,34H,24-26H2,1-18H3,(H,53,70)(H,54,72)(H,55,73)(H,56,74)(H,57,75)(H,58,76)(H,59,65)(H,60,66)(H,61,67)(H,62,68)(H,63,69). The fourth-order valence-corrected chi connectivity index (χ4v) is 6.40. The maximum absolute atomic E-state index is 13.8. The van der Waals surface area contributed by atoms with Crippen molar-refractivity contribution in [2.75, 3.05) is 7.11 Å². The summed E-state index contributed by atoms with van der Waals surface area (Å²) in [4.78, 5) is 170. The van der Waals surface area contributed by atoms with Crippen molar-refractivity contribution in [1.82, 2.24) is 58.5 Å². The number of methoxy groups -OCH3 is 1. The molecule has 0 aliphatic heterocycles. The Balaban J connectivity index is 3.09. The van der Waals surface area contributed by atoms with E-state index < -0.39 is 154 Å². The molecule has 0 aliphatic rings. The van der Waals surface area contributed by atoms with Crippen molar-refractivity contribution in [2.24, 2.45) is 0 Å². The highest BCUT2D eigenvalue weighted by Crippen LogP contribution is 2.12. The van der Waals surface area contributed by atoms with Crippen LogP contribution in [0.3, 0.4) is 0 Å². The van der Waals surface area contributed by atoms with Crippen LogP contribution < -0.4 is 58.5 Å². The predicted molar refractivity (Wildman–Crippen MR) is 285 cm³/mol. The Bertz CT molecular complexity index is 2420. The van der Waals surface area contributed by atoms with Crippen LogP contribution in [0.25, 0.3) is 0 Å². The number of benzene rings is 1. The molecule has 1 aromatic carbocycles. The summed E-state index contributed by atoms with van der Waals surface area (Å²) >= 11 is 0. The molecule has 0 aromatic heterocycles. The highest BCUT2D eigenvalue weighted by atomic mass is 16.6. The molecule has 7 atom stereocenters. The third-order valence-corrected chi connectivity index (χ3v) is 11.5. The zero-order chi connectivity index (χ0) is 61.2. The number of nitrogens with one attached hydrogen (secondary N) is 11. The minimum absolute atomic E-state index is 0.0907. The van der Waals surface area contributed by atoms with Crippen LogP contribution in [0.15, 0.2) is 30.3 Å². The molecule has 7 unspecified atom stereocenters. The average molecular weight is 1120 g/mol. The van der Waals surface area contributed by atoms with E-state index in [-0.39, 0.29) is 13.0 Å². The van der Waals surface area contributed by atoms with Gasteiger partial charge in [0.15, 0.2) is 0 Å². The van der Waals surface area contributed by atoms with Gasteiger partial charge in [0.05, 0.1) is 7.11 Å². The highest BCUT2D eigenvalue weighted by molar-refractivity contribution is 6.00. The predicted octanol–water partition coefficient (Wildman–Crippen LogP) is -0.816. The Morgan fingerprint density at radius 1 is 0.430 bits per heavy atom. The van der Waals surface area contributed by atoms with E-state index in [4.69, 9.17) is 9.47 Å². The van der Waals surface area contributed by atoms with E-state index in [1.165, 1.54) is 96.9 Å². The van der Waals surface area contributed by atoms with E-state index in [9.17, 15) is 62.3 Å². The summed E-state index contributed by atoms with van der Waals surface area (Å²) in [5.74, 6) is -9.80. The maximum Gasteiger partial charge on any atom is 0.408 e. The monoisotopic (exact) mass is 1120 g/mol. The van der Waals surface area contributed by atoms with Gasteiger partial charge in [0, 0.05) is 6.42 Å². The lowest BCUT2D eigenvalue weighted by atomic mass is 10.0. The van der Waals surface area contributed by atoms with Gasteiger partial charge in [-0.1, -0.05) is 30.3 Å². The van der Waals surface area contributed by atoms with Crippen LogP contribution in [0.4, 0.5) is 4.79 Å². The first-order valence-corrected chi connectivity index (χ1v) is 25.4. The summed E-state index contributed by atoms with van der Waals surface area (Å²) < 4.78 is 15.1. The number of hydrogen-bond acceptors (Lipinski definition) is 16. The van der Waals surface area contributed by atoms with Crippen LogP contribution in [0.1, 0.15) is 136 Å². The molecule has 1 aromatic rings. The first-order chi connectivity index (χ1) is 36.0. The lowest BCUT2D eigenvalue weighted by molar-refractivity contribution is -0.146. The minimum Gasteiger partial charge on any atom is -0.467 e. The van der Waals surface area contributed by atoms with Crippen molar-refractivity contribution in [3.63, 3.8) is 0 Å². The van der Waals surface area contributed by atoms with Crippen LogP contribution in [0.2, 0.25) is 0 Å². The smallest absolute Gasteiger partial charge is 0.408 e.